The molecule has 14 nitrogen and oxygen atoms in total. The highest BCUT2D eigenvalue weighted by atomic mass is 16.6. The van der Waals surface area contributed by atoms with Gasteiger partial charge in [0, 0.05) is 24.7 Å². The van der Waals surface area contributed by atoms with Crippen molar-refractivity contribution in [3.63, 3.8) is 0 Å². The quantitative estimate of drug-likeness (QED) is 0.109. The van der Waals surface area contributed by atoms with Gasteiger partial charge in [-0.15, -0.1) is 0 Å². The Labute approximate surface area is 320 Å². The molecule has 1 saturated carbocycles. The van der Waals surface area contributed by atoms with Crippen LogP contribution in [0.2, 0.25) is 0 Å². The van der Waals surface area contributed by atoms with E-state index in [9.17, 15) is 29.4 Å². The van der Waals surface area contributed by atoms with Crippen molar-refractivity contribution in [1.82, 2.24) is 31.2 Å². The Hall–Kier alpha value is -4.30. The Bertz CT molecular complexity index is 1500. The van der Waals surface area contributed by atoms with Crippen LogP contribution in [-0.4, -0.2) is 79.9 Å². The molecule has 1 aromatic heterocycles. The lowest BCUT2D eigenvalue weighted by atomic mass is 9.83. The number of carbonyl (C=O) groups is 4. The average molecular weight is 754 g/mol. The Balaban J connectivity index is 1.65. The Morgan fingerprint density at radius 1 is 0.963 bits per heavy atom. The van der Waals surface area contributed by atoms with Gasteiger partial charge in [0.05, 0.1) is 30.7 Å². The van der Waals surface area contributed by atoms with Crippen LogP contribution in [-0.2, 0) is 32.1 Å². The number of carbonyl (C=O) groups excluding carboxylic acids is 4. The van der Waals surface area contributed by atoms with Crippen molar-refractivity contribution in [1.29, 1.82) is 0 Å². The number of amides is 4. The van der Waals surface area contributed by atoms with E-state index in [1.165, 1.54) is 0 Å². The summed E-state index contributed by atoms with van der Waals surface area (Å²) in [4.78, 5) is 61.0. The van der Waals surface area contributed by atoms with E-state index in [-0.39, 0.29) is 49.4 Å². The smallest absolute Gasteiger partial charge is 0.407 e. The fourth-order valence-electron chi connectivity index (χ4n) is 6.67. The third-order valence-electron chi connectivity index (χ3n) is 9.93. The fraction of sp³-hybridized carbons (Fsp3) is 0.650. The first-order valence-corrected chi connectivity index (χ1v) is 19.4. The number of rotatable bonds is 19. The van der Waals surface area contributed by atoms with Gasteiger partial charge in [-0.05, 0) is 64.4 Å². The minimum absolute atomic E-state index is 0.0396. The van der Waals surface area contributed by atoms with Crippen LogP contribution < -0.4 is 27.0 Å². The maximum Gasteiger partial charge on any atom is 0.407 e. The first-order chi connectivity index (χ1) is 25.5. The number of aliphatic hydroxyl groups excluding tert-OH is 2. The molecule has 1 aliphatic carbocycles. The molecule has 0 radical (unpaired) electrons. The fourth-order valence-corrected chi connectivity index (χ4v) is 6.67. The molecule has 1 aliphatic rings. The standard InChI is InChI=1S/C40H63N7O7/c1-7-25(2)36(38(52)43-24-29-23-42-26(3)44-37(29)41)47-35(51)22-33(49)31(21-28-16-12-9-13-17-28)45-34(50)19-18-32(48)30(20-27-14-10-8-11-15-27)46-39(53)54-40(4,5)6/h8,10-11,14-15,23,25,28,30-33,36,48-49H,7,9,12-13,16-22,24H2,1-6H3,(H,43,52)(H,45,50)(H,46,53)(H,47,51)(H2,41,42,44)/t25-,30-,31-,32+,33-,36-/m0/s1. The second-order valence-electron chi connectivity index (χ2n) is 15.7. The number of nitrogens with one attached hydrogen (secondary N) is 4. The van der Waals surface area contributed by atoms with Gasteiger partial charge in [0.25, 0.3) is 0 Å². The minimum Gasteiger partial charge on any atom is -0.444 e. The lowest BCUT2D eigenvalue weighted by Crippen LogP contribution is -2.52. The first kappa shape index (κ1) is 44.1. The largest absolute Gasteiger partial charge is 0.444 e. The van der Waals surface area contributed by atoms with Crippen molar-refractivity contribution in [2.75, 3.05) is 5.73 Å². The van der Waals surface area contributed by atoms with Crippen molar-refractivity contribution in [2.24, 2.45) is 11.8 Å². The number of nitrogens with two attached hydrogens (primary N) is 1. The number of aryl methyl sites for hydroxylation is 1. The highest BCUT2D eigenvalue weighted by molar-refractivity contribution is 5.88. The van der Waals surface area contributed by atoms with Crippen molar-refractivity contribution in [2.45, 2.75) is 155 Å². The molecule has 3 rings (SSSR count). The lowest BCUT2D eigenvalue weighted by Gasteiger charge is -2.31. The molecule has 1 heterocycles. The van der Waals surface area contributed by atoms with Crippen molar-refractivity contribution in [3.05, 3.63) is 53.5 Å². The third kappa shape index (κ3) is 15.6. The lowest BCUT2D eigenvalue weighted by molar-refractivity contribution is -0.132. The zero-order valence-corrected chi connectivity index (χ0v) is 32.9. The molecule has 6 atom stereocenters. The summed E-state index contributed by atoms with van der Waals surface area (Å²) in [6.45, 7) is 10.8. The Kier molecular flexibility index (Phi) is 17.6. The monoisotopic (exact) mass is 753 g/mol. The molecule has 0 unspecified atom stereocenters. The number of benzene rings is 1. The Morgan fingerprint density at radius 2 is 1.65 bits per heavy atom. The van der Waals surface area contributed by atoms with Gasteiger partial charge in [0.1, 0.15) is 23.3 Å². The number of aromatic nitrogens is 2. The van der Waals surface area contributed by atoms with Gasteiger partial charge in [-0.25, -0.2) is 14.8 Å². The van der Waals surface area contributed by atoms with E-state index in [1.54, 1.807) is 33.9 Å². The number of nitrogens with zero attached hydrogens (tertiary/aromatic N) is 2. The molecule has 0 spiro atoms. The number of hydrogen-bond donors (Lipinski definition) is 7. The van der Waals surface area contributed by atoms with Gasteiger partial charge in [-0.1, -0.05) is 82.7 Å². The molecule has 2 aromatic rings. The van der Waals surface area contributed by atoms with Gasteiger partial charge in [0.2, 0.25) is 17.7 Å². The number of alkyl carbamates (subject to hydrolysis) is 1. The van der Waals surface area contributed by atoms with Crippen molar-refractivity contribution < 1.29 is 34.1 Å². The molecule has 8 N–H and O–H groups in total. The highest BCUT2D eigenvalue weighted by Gasteiger charge is 2.32. The molecule has 54 heavy (non-hydrogen) atoms. The van der Waals surface area contributed by atoms with Crippen LogP contribution in [0.1, 0.15) is 116 Å². The number of nitrogen functional groups attached to an aromatic ring is 1. The average Bonchev–Trinajstić information content (AvgIpc) is 3.11. The number of ether oxygens (including phenoxy) is 1. The van der Waals surface area contributed by atoms with E-state index in [4.69, 9.17) is 10.5 Å². The normalized spacial score (nSPS) is 16.9. The molecule has 4 amide bonds. The predicted octanol–water partition coefficient (Wildman–Crippen LogP) is 4.00. The van der Waals surface area contributed by atoms with Gasteiger partial charge in [-0.2, -0.15) is 0 Å². The van der Waals surface area contributed by atoms with Crippen LogP contribution in [0.5, 0.6) is 0 Å². The summed E-state index contributed by atoms with van der Waals surface area (Å²) in [7, 11) is 0. The first-order valence-electron chi connectivity index (χ1n) is 19.4. The zero-order valence-electron chi connectivity index (χ0n) is 32.9. The third-order valence-corrected chi connectivity index (χ3v) is 9.93. The molecular formula is C40H63N7O7. The van der Waals surface area contributed by atoms with Crippen LogP contribution in [0.15, 0.2) is 36.5 Å². The summed E-state index contributed by atoms with van der Waals surface area (Å²) in [5.74, 6) is -0.460. The molecule has 14 heteroatoms. The maximum absolute atomic E-state index is 13.4. The van der Waals surface area contributed by atoms with Crippen molar-refractivity contribution >= 4 is 29.6 Å². The molecule has 0 saturated heterocycles. The van der Waals surface area contributed by atoms with Gasteiger partial charge in [-0.3, -0.25) is 14.4 Å². The molecular weight excluding hydrogens is 690 g/mol. The number of anilines is 1. The molecule has 0 bridgehead atoms. The van der Waals surface area contributed by atoms with E-state index in [0.717, 1.165) is 37.7 Å². The summed E-state index contributed by atoms with van der Waals surface area (Å²) in [6.07, 6.45) is 4.87. The van der Waals surface area contributed by atoms with E-state index in [2.05, 4.69) is 31.2 Å². The van der Waals surface area contributed by atoms with E-state index in [1.807, 2.05) is 44.2 Å². The molecule has 1 aromatic carbocycles. The van der Waals surface area contributed by atoms with E-state index >= 15 is 0 Å². The molecule has 1 fully saturated rings. The predicted molar refractivity (Wildman–Crippen MR) is 207 cm³/mol. The van der Waals surface area contributed by atoms with Crippen molar-refractivity contribution in [3.8, 4) is 0 Å². The summed E-state index contributed by atoms with van der Waals surface area (Å²) >= 11 is 0. The number of hydrogen-bond acceptors (Lipinski definition) is 10. The summed E-state index contributed by atoms with van der Waals surface area (Å²) in [6, 6.07) is 7.10. The maximum atomic E-state index is 13.4. The van der Waals surface area contributed by atoms with Gasteiger partial charge < -0.3 is 42.0 Å². The summed E-state index contributed by atoms with van der Waals surface area (Å²) < 4.78 is 5.43. The second kappa shape index (κ2) is 21.6. The minimum atomic E-state index is -1.22. The van der Waals surface area contributed by atoms with Crippen LogP contribution in [0.25, 0.3) is 0 Å². The molecule has 300 valence electrons. The zero-order chi connectivity index (χ0) is 39.8. The topological polar surface area (TPSA) is 218 Å². The van der Waals surface area contributed by atoms with E-state index in [0.29, 0.717) is 30.7 Å². The van der Waals surface area contributed by atoms with Crippen LogP contribution in [0.3, 0.4) is 0 Å². The van der Waals surface area contributed by atoms with Crippen LogP contribution >= 0.6 is 0 Å². The van der Waals surface area contributed by atoms with Gasteiger partial charge >= 0.3 is 6.09 Å². The second-order valence-corrected chi connectivity index (χ2v) is 15.7. The summed E-state index contributed by atoms with van der Waals surface area (Å²) in [5.41, 5.74) is 6.70. The van der Waals surface area contributed by atoms with Crippen LogP contribution in [0, 0.1) is 18.8 Å². The summed E-state index contributed by atoms with van der Waals surface area (Å²) in [5, 5.41) is 34.0. The van der Waals surface area contributed by atoms with Crippen LogP contribution in [0.4, 0.5) is 10.6 Å². The van der Waals surface area contributed by atoms with Gasteiger partial charge in [0.15, 0.2) is 0 Å². The van der Waals surface area contributed by atoms with E-state index < -0.39 is 53.8 Å². The highest BCUT2D eigenvalue weighted by Crippen LogP contribution is 2.28. The Morgan fingerprint density at radius 3 is 2.28 bits per heavy atom. The molecule has 0 aliphatic heterocycles. The number of aliphatic hydroxyl groups is 2. The SMILES string of the molecule is CC[C@H](C)[C@H](NC(=O)C[C@H](O)[C@H](CC1CCCCC1)NC(=O)CC[C@@H](O)[C@H](Cc1ccccc1)NC(=O)OC(C)(C)C)C(=O)NCc1cnc(C)nc1N.